The Morgan fingerprint density at radius 2 is 2.05 bits per heavy atom. The molecule has 1 amide bonds. The lowest BCUT2D eigenvalue weighted by Crippen LogP contribution is -2.57. The quantitative estimate of drug-likeness (QED) is 0.881. The number of aliphatic carboxylic acids is 1. The maximum absolute atomic E-state index is 12.4. The second kappa shape index (κ2) is 5.61. The van der Waals surface area contributed by atoms with Crippen LogP contribution in [0, 0.1) is 0 Å². The van der Waals surface area contributed by atoms with E-state index in [1.165, 1.54) is 0 Å². The zero-order valence-electron chi connectivity index (χ0n) is 12.4. The molecule has 2 heterocycles. The van der Waals surface area contributed by atoms with Crippen molar-refractivity contribution in [3.8, 4) is 5.75 Å². The number of fused-ring (bicyclic) bond motifs is 1. The standard InChI is InChI=1S/C16H19NO5/c1-10-8-12-9-11(2-3-13(12)22-10)14(18)17-16(15(19)20)4-6-21-7-5-16/h2-3,9-10H,4-8H2,1H3,(H,17,18)(H,19,20)/t10-/m0/s1. The van der Waals surface area contributed by atoms with Gasteiger partial charge in [0.25, 0.3) is 5.91 Å². The molecule has 0 saturated carbocycles. The van der Waals surface area contributed by atoms with E-state index in [1.807, 2.05) is 6.92 Å². The molecule has 6 heteroatoms. The third kappa shape index (κ3) is 2.66. The highest BCUT2D eigenvalue weighted by Gasteiger charge is 2.41. The van der Waals surface area contributed by atoms with E-state index in [4.69, 9.17) is 9.47 Å². The summed E-state index contributed by atoms with van der Waals surface area (Å²) in [5.41, 5.74) is 0.207. The molecular weight excluding hydrogens is 286 g/mol. The van der Waals surface area contributed by atoms with Crippen LogP contribution in [0.5, 0.6) is 5.75 Å². The van der Waals surface area contributed by atoms with Crippen LogP contribution in [0.3, 0.4) is 0 Å². The van der Waals surface area contributed by atoms with Crippen LogP contribution in [0.2, 0.25) is 0 Å². The highest BCUT2D eigenvalue weighted by Crippen LogP contribution is 2.30. The van der Waals surface area contributed by atoms with Crippen LogP contribution in [-0.2, 0) is 16.0 Å². The predicted octanol–water partition coefficient (Wildman–Crippen LogP) is 1.37. The first-order valence-corrected chi connectivity index (χ1v) is 7.43. The van der Waals surface area contributed by atoms with Crippen LogP contribution in [0.15, 0.2) is 18.2 Å². The molecule has 22 heavy (non-hydrogen) atoms. The first kappa shape index (κ1) is 14.8. The monoisotopic (exact) mass is 305 g/mol. The fourth-order valence-electron chi connectivity index (χ4n) is 2.96. The third-order valence-corrected chi connectivity index (χ3v) is 4.27. The number of carboxylic acid groups (broad SMARTS) is 1. The van der Waals surface area contributed by atoms with Gasteiger partial charge in [-0.3, -0.25) is 4.79 Å². The minimum atomic E-state index is -1.24. The normalized spacial score (nSPS) is 22.5. The van der Waals surface area contributed by atoms with Crippen molar-refractivity contribution in [3.05, 3.63) is 29.3 Å². The summed E-state index contributed by atoms with van der Waals surface area (Å²) >= 11 is 0. The van der Waals surface area contributed by atoms with Gasteiger partial charge in [0.05, 0.1) is 0 Å². The highest BCUT2D eigenvalue weighted by molar-refractivity contribution is 5.98. The van der Waals surface area contributed by atoms with E-state index in [9.17, 15) is 14.7 Å². The molecule has 0 radical (unpaired) electrons. The van der Waals surface area contributed by atoms with Crippen molar-refractivity contribution >= 4 is 11.9 Å². The van der Waals surface area contributed by atoms with E-state index in [-0.39, 0.29) is 24.9 Å². The van der Waals surface area contributed by atoms with Gasteiger partial charge in [-0.15, -0.1) is 0 Å². The van der Waals surface area contributed by atoms with Crippen molar-refractivity contribution in [2.45, 2.75) is 37.8 Å². The molecule has 1 aromatic carbocycles. The first-order valence-electron chi connectivity index (χ1n) is 7.43. The lowest BCUT2D eigenvalue weighted by Gasteiger charge is -2.33. The van der Waals surface area contributed by atoms with Crippen LogP contribution in [-0.4, -0.2) is 41.8 Å². The van der Waals surface area contributed by atoms with E-state index in [0.717, 1.165) is 17.7 Å². The Labute approximate surface area is 128 Å². The zero-order valence-corrected chi connectivity index (χ0v) is 12.4. The summed E-state index contributed by atoms with van der Waals surface area (Å²) in [6.45, 7) is 2.64. The van der Waals surface area contributed by atoms with Gasteiger partial charge in [0.2, 0.25) is 0 Å². The second-order valence-electron chi connectivity index (χ2n) is 5.91. The number of carbonyl (C=O) groups is 2. The Balaban J connectivity index is 1.79. The molecule has 2 aliphatic rings. The summed E-state index contributed by atoms with van der Waals surface area (Å²) in [5, 5.41) is 12.2. The van der Waals surface area contributed by atoms with Crippen molar-refractivity contribution in [2.24, 2.45) is 0 Å². The second-order valence-corrected chi connectivity index (χ2v) is 5.91. The molecule has 0 bridgehead atoms. The number of hydrogen-bond donors (Lipinski definition) is 2. The number of carboxylic acids is 1. The zero-order chi connectivity index (χ0) is 15.7. The topological polar surface area (TPSA) is 84.9 Å². The smallest absolute Gasteiger partial charge is 0.329 e. The number of ether oxygens (including phenoxy) is 2. The van der Waals surface area contributed by atoms with Gasteiger partial charge in [-0.2, -0.15) is 0 Å². The largest absolute Gasteiger partial charge is 0.490 e. The Hall–Kier alpha value is -2.08. The third-order valence-electron chi connectivity index (χ3n) is 4.27. The fraction of sp³-hybridized carbons (Fsp3) is 0.500. The summed E-state index contributed by atoms with van der Waals surface area (Å²) in [4.78, 5) is 24.0. The molecule has 0 aliphatic carbocycles. The van der Waals surface area contributed by atoms with Crippen molar-refractivity contribution in [2.75, 3.05) is 13.2 Å². The van der Waals surface area contributed by atoms with Gasteiger partial charge in [-0.25, -0.2) is 4.79 Å². The minimum absolute atomic E-state index is 0.106. The molecule has 2 aliphatic heterocycles. The number of hydrogen-bond acceptors (Lipinski definition) is 4. The van der Waals surface area contributed by atoms with E-state index in [2.05, 4.69) is 5.32 Å². The van der Waals surface area contributed by atoms with E-state index >= 15 is 0 Å². The molecule has 2 N–H and O–H groups in total. The average Bonchev–Trinajstić information content (AvgIpc) is 2.87. The molecule has 1 saturated heterocycles. The molecule has 1 aromatic rings. The molecule has 118 valence electrons. The fourth-order valence-corrected chi connectivity index (χ4v) is 2.96. The average molecular weight is 305 g/mol. The maximum atomic E-state index is 12.4. The summed E-state index contributed by atoms with van der Waals surface area (Å²) < 4.78 is 10.8. The van der Waals surface area contributed by atoms with Gasteiger partial charge in [0.1, 0.15) is 17.4 Å². The molecule has 3 rings (SSSR count). The summed E-state index contributed by atoms with van der Waals surface area (Å²) in [5.74, 6) is -0.586. The molecular formula is C16H19NO5. The first-order chi connectivity index (χ1) is 10.5. The van der Waals surface area contributed by atoms with Crippen molar-refractivity contribution in [3.63, 3.8) is 0 Å². The van der Waals surface area contributed by atoms with E-state index in [1.54, 1.807) is 18.2 Å². The van der Waals surface area contributed by atoms with Crippen molar-refractivity contribution in [1.29, 1.82) is 0 Å². The van der Waals surface area contributed by atoms with Crippen molar-refractivity contribution < 1.29 is 24.2 Å². The Morgan fingerprint density at radius 1 is 1.32 bits per heavy atom. The van der Waals surface area contributed by atoms with Gasteiger partial charge in [0, 0.05) is 38.0 Å². The summed E-state index contributed by atoms with van der Waals surface area (Å²) in [7, 11) is 0. The minimum Gasteiger partial charge on any atom is -0.490 e. The number of carbonyl (C=O) groups excluding carboxylic acids is 1. The number of rotatable bonds is 3. The highest BCUT2D eigenvalue weighted by atomic mass is 16.5. The molecule has 1 atom stereocenters. The number of amides is 1. The number of benzene rings is 1. The van der Waals surface area contributed by atoms with E-state index in [0.29, 0.717) is 18.8 Å². The molecule has 0 unspecified atom stereocenters. The molecule has 0 aromatic heterocycles. The summed E-state index contributed by atoms with van der Waals surface area (Å²) in [6.07, 6.45) is 1.42. The Morgan fingerprint density at radius 3 is 2.73 bits per heavy atom. The predicted molar refractivity (Wildman–Crippen MR) is 78.1 cm³/mol. The lowest BCUT2D eigenvalue weighted by atomic mass is 9.89. The van der Waals surface area contributed by atoms with Crippen LogP contribution in [0.1, 0.15) is 35.7 Å². The van der Waals surface area contributed by atoms with Gasteiger partial charge in [-0.1, -0.05) is 0 Å². The van der Waals surface area contributed by atoms with Crippen LogP contribution < -0.4 is 10.1 Å². The lowest BCUT2D eigenvalue weighted by molar-refractivity contribution is -0.148. The summed E-state index contributed by atoms with van der Waals surface area (Å²) in [6, 6.07) is 5.22. The SMILES string of the molecule is C[C@H]1Cc2cc(C(=O)NC3(C(=O)O)CCOCC3)ccc2O1. The van der Waals surface area contributed by atoms with Gasteiger partial charge >= 0.3 is 5.97 Å². The number of nitrogens with one attached hydrogen (secondary N) is 1. The molecule has 0 spiro atoms. The van der Waals surface area contributed by atoms with Crippen LogP contribution in [0.25, 0.3) is 0 Å². The van der Waals surface area contributed by atoms with Crippen LogP contribution >= 0.6 is 0 Å². The maximum Gasteiger partial charge on any atom is 0.329 e. The van der Waals surface area contributed by atoms with E-state index < -0.39 is 11.5 Å². The Bertz CT molecular complexity index is 607. The molecule has 6 nitrogen and oxygen atoms in total. The van der Waals surface area contributed by atoms with Gasteiger partial charge in [-0.05, 0) is 30.7 Å². The van der Waals surface area contributed by atoms with Crippen LogP contribution in [0.4, 0.5) is 0 Å². The van der Waals surface area contributed by atoms with Gasteiger partial charge in [0.15, 0.2) is 0 Å². The van der Waals surface area contributed by atoms with Gasteiger partial charge < -0.3 is 19.9 Å². The molecule has 1 fully saturated rings. The Kier molecular flexibility index (Phi) is 3.78. The van der Waals surface area contributed by atoms with Crippen molar-refractivity contribution in [1.82, 2.24) is 5.32 Å².